The quantitative estimate of drug-likeness (QED) is 0.684. The van der Waals surface area contributed by atoms with Crippen molar-refractivity contribution in [2.45, 2.75) is 24.9 Å². The predicted octanol–water partition coefficient (Wildman–Crippen LogP) is 1.98. The Balaban J connectivity index is 1.81. The number of hydrogen-bond acceptors (Lipinski definition) is 6. The van der Waals surface area contributed by atoms with Crippen LogP contribution in [0, 0.1) is 0 Å². The van der Waals surface area contributed by atoms with Crippen molar-refractivity contribution >= 4 is 28.1 Å². The van der Waals surface area contributed by atoms with Gasteiger partial charge in [0.1, 0.15) is 11.2 Å². The summed E-state index contributed by atoms with van der Waals surface area (Å²) in [4.78, 5) is 7.58. The fraction of sp³-hybridized carbons (Fsp3) is 0.308. The van der Waals surface area contributed by atoms with Gasteiger partial charge in [-0.2, -0.15) is 0 Å². The number of rotatable bonds is 3. The number of nitrogens with two attached hydrogens (primary N) is 1. The van der Waals surface area contributed by atoms with E-state index in [9.17, 15) is 0 Å². The van der Waals surface area contributed by atoms with Gasteiger partial charge in [-0.05, 0) is 18.9 Å². The summed E-state index contributed by atoms with van der Waals surface area (Å²) in [6.07, 6.45) is 5.76. The maximum Gasteiger partial charge on any atom is 0.151 e. The number of aromatic amines is 1. The SMILES string of the molecule is NC1CC(Nc2c(-c3nncs3)cnc3[nH]ccc23)C1. The van der Waals surface area contributed by atoms with Gasteiger partial charge in [0.25, 0.3) is 0 Å². The molecule has 20 heavy (non-hydrogen) atoms. The second kappa shape index (κ2) is 4.53. The minimum absolute atomic E-state index is 0.320. The lowest BCUT2D eigenvalue weighted by Crippen LogP contribution is -2.44. The predicted molar refractivity (Wildman–Crippen MR) is 79.6 cm³/mol. The van der Waals surface area contributed by atoms with E-state index in [2.05, 4.69) is 25.5 Å². The standard InChI is InChI=1S/C13H14N6S/c14-7-3-8(4-7)18-11-9-1-2-15-12(9)16-5-10(11)13-19-17-6-20-13/h1-2,5-8H,3-4,14H2,(H2,15,16,18). The van der Waals surface area contributed by atoms with E-state index in [1.54, 1.807) is 5.51 Å². The van der Waals surface area contributed by atoms with Crippen LogP contribution in [0.5, 0.6) is 0 Å². The van der Waals surface area contributed by atoms with E-state index in [0.29, 0.717) is 12.1 Å². The summed E-state index contributed by atoms with van der Waals surface area (Å²) >= 11 is 1.52. The average Bonchev–Trinajstić information content (AvgIpc) is 3.08. The van der Waals surface area contributed by atoms with Gasteiger partial charge >= 0.3 is 0 Å². The highest BCUT2D eigenvalue weighted by Crippen LogP contribution is 2.36. The highest BCUT2D eigenvalue weighted by atomic mass is 32.1. The molecule has 1 fully saturated rings. The minimum atomic E-state index is 0.320. The lowest BCUT2D eigenvalue weighted by Gasteiger charge is -2.34. The van der Waals surface area contributed by atoms with Crippen molar-refractivity contribution in [3.8, 4) is 10.6 Å². The van der Waals surface area contributed by atoms with Gasteiger partial charge in [0, 0.05) is 29.9 Å². The van der Waals surface area contributed by atoms with Crippen LogP contribution in [0.2, 0.25) is 0 Å². The number of fused-ring (bicyclic) bond motifs is 1. The van der Waals surface area contributed by atoms with Crippen molar-refractivity contribution in [2.24, 2.45) is 5.73 Å². The molecule has 0 radical (unpaired) electrons. The number of anilines is 1. The Morgan fingerprint density at radius 2 is 2.30 bits per heavy atom. The molecule has 4 rings (SSSR count). The van der Waals surface area contributed by atoms with Gasteiger partial charge < -0.3 is 16.0 Å². The number of H-pyrrole nitrogens is 1. The van der Waals surface area contributed by atoms with Crippen molar-refractivity contribution in [3.05, 3.63) is 24.0 Å². The maximum atomic E-state index is 5.87. The molecule has 0 aliphatic heterocycles. The van der Waals surface area contributed by atoms with Crippen molar-refractivity contribution in [2.75, 3.05) is 5.32 Å². The van der Waals surface area contributed by atoms with Gasteiger partial charge in [0.05, 0.1) is 11.3 Å². The number of pyridine rings is 1. The molecule has 6 nitrogen and oxygen atoms in total. The van der Waals surface area contributed by atoms with Crippen molar-refractivity contribution in [3.63, 3.8) is 0 Å². The normalized spacial score (nSPS) is 21.9. The highest BCUT2D eigenvalue weighted by molar-refractivity contribution is 7.12. The van der Waals surface area contributed by atoms with E-state index in [-0.39, 0.29) is 0 Å². The maximum absolute atomic E-state index is 5.87. The zero-order chi connectivity index (χ0) is 13.5. The molecule has 1 aliphatic carbocycles. The molecule has 3 aromatic rings. The monoisotopic (exact) mass is 286 g/mol. The molecule has 0 amide bonds. The molecule has 4 N–H and O–H groups in total. The molecule has 7 heteroatoms. The third kappa shape index (κ3) is 1.86. The molecule has 0 atom stereocenters. The van der Waals surface area contributed by atoms with Crippen molar-refractivity contribution < 1.29 is 0 Å². The first-order valence-electron chi connectivity index (χ1n) is 6.56. The zero-order valence-corrected chi connectivity index (χ0v) is 11.5. The summed E-state index contributed by atoms with van der Waals surface area (Å²) in [5, 5.41) is 13.6. The first-order valence-corrected chi connectivity index (χ1v) is 7.44. The molecule has 1 saturated carbocycles. The summed E-state index contributed by atoms with van der Waals surface area (Å²) in [5.74, 6) is 0. The smallest absolute Gasteiger partial charge is 0.151 e. The second-order valence-electron chi connectivity index (χ2n) is 5.10. The van der Waals surface area contributed by atoms with Crippen LogP contribution in [-0.2, 0) is 0 Å². The number of nitrogens with one attached hydrogen (secondary N) is 2. The Kier molecular flexibility index (Phi) is 2.68. The van der Waals surface area contributed by atoms with Crippen LogP contribution < -0.4 is 11.1 Å². The van der Waals surface area contributed by atoms with E-state index >= 15 is 0 Å². The summed E-state index contributed by atoms with van der Waals surface area (Å²) in [5.41, 5.74) is 10.6. The van der Waals surface area contributed by atoms with Crippen LogP contribution in [0.25, 0.3) is 21.6 Å². The molecular weight excluding hydrogens is 272 g/mol. The molecule has 0 bridgehead atoms. The molecule has 0 aromatic carbocycles. The van der Waals surface area contributed by atoms with Crippen LogP contribution in [0.15, 0.2) is 24.0 Å². The first kappa shape index (κ1) is 11.8. The largest absolute Gasteiger partial charge is 0.381 e. The summed E-state index contributed by atoms with van der Waals surface area (Å²) < 4.78 is 0. The molecule has 0 spiro atoms. The number of nitrogens with zero attached hydrogens (tertiary/aromatic N) is 3. The van der Waals surface area contributed by atoms with Crippen LogP contribution in [0.3, 0.4) is 0 Å². The van der Waals surface area contributed by atoms with Crippen LogP contribution in [-0.4, -0.2) is 32.2 Å². The van der Waals surface area contributed by atoms with Crippen LogP contribution in [0.4, 0.5) is 5.69 Å². The van der Waals surface area contributed by atoms with E-state index < -0.39 is 0 Å². The highest BCUT2D eigenvalue weighted by Gasteiger charge is 2.27. The van der Waals surface area contributed by atoms with Crippen molar-refractivity contribution in [1.29, 1.82) is 0 Å². The van der Waals surface area contributed by atoms with Crippen LogP contribution >= 0.6 is 11.3 Å². The Hall–Kier alpha value is -1.99. The average molecular weight is 286 g/mol. The lowest BCUT2D eigenvalue weighted by molar-refractivity contribution is 0.374. The second-order valence-corrected chi connectivity index (χ2v) is 5.94. The summed E-state index contributed by atoms with van der Waals surface area (Å²) in [6.45, 7) is 0. The molecule has 3 aromatic heterocycles. The lowest BCUT2D eigenvalue weighted by atomic mass is 9.87. The summed E-state index contributed by atoms with van der Waals surface area (Å²) in [6, 6.07) is 2.78. The van der Waals surface area contributed by atoms with Gasteiger partial charge in [-0.3, -0.25) is 0 Å². The molecule has 0 saturated heterocycles. The van der Waals surface area contributed by atoms with Gasteiger partial charge in [-0.25, -0.2) is 4.98 Å². The Bertz CT molecular complexity index is 728. The van der Waals surface area contributed by atoms with Gasteiger partial charge in [0.15, 0.2) is 5.01 Å². The van der Waals surface area contributed by atoms with E-state index in [1.807, 2.05) is 18.5 Å². The number of aromatic nitrogens is 4. The topological polar surface area (TPSA) is 92.5 Å². The van der Waals surface area contributed by atoms with E-state index in [0.717, 1.165) is 40.1 Å². The van der Waals surface area contributed by atoms with Gasteiger partial charge in [-0.1, -0.05) is 11.3 Å². The minimum Gasteiger partial charge on any atom is -0.381 e. The fourth-order valence-electron chi connectivity index (χ4n) is 2.60. The Labute approximate surface area is 119 Å². The third-order valence-corrected chi connectivity index (χ3v) is 4.42. The third-order valence-electron chi connectivity index (χ3n) is 3.70. The fourth-order valence-corrected chi connectivity index (χ4v) is 3.17. The number of hydrogen-bond donors (Lipinski definition) is 3. The van der Waals surface area contributed by atoms with Gasteiger partial charge in [-0.15, -0.1) is 10.2 Å². The van der Waals surface area contributed by atoms with Gasteiger partial charge in [0.2, 0.25) is 0 Å². The molecule has 0 unspecified atom stereocenters. The van der Waals surface area contributed by atoms with Crippen molar-refractivity contribution in [1.82, 2.24) is 20.2 Å². The van der Waals surface area contributed by atoms with Crippen LogP contribution in [0.1, 0.15) is 12.8 Å². The Morgan fingerprint density at radius 3 is 3.05 bits per heavy atom. The molecular formula is C13H14N6S. The van der Waals surface area contributed by atoms with E-state index in [4.69, 9.17) is 5.73 Å². The summed E-state index contributed by atoms with van der Waals surface area (Å²) in [7, 11) is 0. The molecule has 1 aliphatic rings. The van der Waals surface area contributed by atoms with E-state index in [1.165, 1.54) is 11.3 Å². The Morgan fingerprint density at radius 1 is 1.40 bits per heavy atom. The molecule has 3 heterocycles. The zero-order valence-electron chi connectivity index (χ0n) is 10.7. The first-order chi connectivity index (χ1) is 9.81. The molecule has 102 valence electrons.